The summed E-state index contributed by atoms with van der Waals surface area (Å²) in [6.07, 6.45) is 0. The van der Waals surface area contributed by atoms with E-state index in [9.17, 15) is 9.18 Å². The summed E-state index contributed by atoms with van der Waals surface area (Å²) >= 11 is 0. The summed E-state index contributed by atoms with van der Waals surface area (Å²) in [6, 6.07) is 21.5. The third kappa shape index (κ3) is 5.09. The number of nitriles is 1. The molecule has 1 heterocycles. The average molecular weight is 441 g/mol. The van der Waals surface area contributed by atoms with Gasteiger partial charge >= 0.3 is 0 Å². The van der Waals surface area contributed by atoms with Crippen molar-refractivity contribution in [2.75, 3.05) is 31.1 Å². The molecule has 166 valence electrons. The Kier molecular flexibility index (Phi) is 6.50. The Morgan fingerprint density at radius 1 is 0.970 bits per heavy atom. The van der Waals surface area contributed by atoms with Crippen molar-refractivity contribution in [1.29, 1.82) is 5.26 Å². The van der Waals surface area contributed by atoms with Gasteiger partial charge in [-0.2, -0.15) is 5.26 Å². The van der Waals surface area contributed by atoms with Crippen LogP contribution in [0.1, 0.15) is 34.0 Å². The Bertz CT molecular complexity index is 1240. The number of rotatable bonds is 4. The fraction of sp³-hybridized carbons (Fsp3) is 0.222. The highest BCUT2D eigenvalue weighted by molar-refractivity contribution is 6.01. The molecule has 1 fully saturated rings. The van der Waals surface area contributed by atoms with E-state index in [0.717, 1.165) is 28.2 Å². The predicted molar refractivity (Wildman–Crippen MR) is 129 cm³/mol. The molecule has 0 spiro atoms. The van der Waals surface area contributed by atoms with E-state index in [1.54, 1.807) is 18.2 Å². The molecule has 0 radical (unpaired) electrons. The van der Waals surface area contributed by atoms with E-state index < -0.39 is 0 Å². The van der Waals surface area contributed by atoms with Gasteiger partial charge in [-0.3, -0.25) is 9.79 Å². The van der Waals surface area contributed by atoms with E-state index in [2.05, 4.69) is 11.0 Å². The number of carbonyl (C=O) groups is 1. The van der Waals surface area contributed by atoms with Crippen LogP contribution < -0.4 is 4.90 Å². The molecule has 1 aliphatic heterocycles. The van der Waals surface area contributed by atoms with Crippen LogP contribution >= 0.6 is 0 Å². The molecule has 1 amide bonds. The molecule has 0 unspecified atom stereocenters. The Balaban J connectivity index is 1.48. The van der Waals surface area contributed by atoms with Crippen molar-refractivity contribution in [1.82, 2.24) is 4.90 Å². The van der Waals surface area contributed by atoms with E-state index in [1.807, 2.05) is 55.1 Å². The summed E-state index contributed by atoms with van der Waals surface area (Å²) in [5.41, 5.74) is 5.53. The number of carbonyl (C=O) groups excluding carboxylic acids is 1. The van der Waals surface area contributed by atoms with Gasteiger partial charge in [0.1, 0.15) is 5.82 Å². The molecular weight excluding hydrogens is 415 g/mol. The number of nitrogens with zero attached hydrogens (tertiary/aromatic N) is 4. The molecule has 33 heavy (non-hydrogen) atoms. The molecule has 3 aromatic rings. The van der Waals surface area contributed by atoms with Crippen LogP contribution in [-0.4, -0.2) is 42.7 Å². The zero-order valence-electron chi connectivity index (χ0n) is 18.8. The molecule has 0 saturated carbocycles. The number of aliphatic imine (C=N–C) groups is 1. The first-order chi connectivity index (χ1) is 15.9. The second-order valence-electron chi connectivity index (χ2n) is 8.15. The maximum atomic E-state index is 13.2. The largest absolute Gasteiger partial charge is 0.368 e. The molecule has 6 heteroatoms. The SMILES string of the molecule is CC(=Nc1cc(C(=O)N2CCN(c3ccc(F)cc3)CC2)ccc1C)c1cccc(C#N)c1. The highest BCUT2D eigenvalue weighted by atomic mass is 19.1. The molecule has 0 aromatic heterocycles. The first-order valence-electron chi connectivity index (χ1n) is 10.9. The Morgan fingerprint density at radius 3 is 2.39 bits per heavy atom. The minimum Gasteiger partial charge on any atom is -0.368 e. The maximum Gasteiger partial charge on any atom is 0.254 e. The van der Waals surface area contributed by atoms with Gasteiger partial charge in [-0.15, -0.1) is 0 Å². The number of hydrogen-bond donors (Lipinski definition) is 0. The number of anilines is 1. The van der Waals surface area contributed by atoms with E-state index >= 15 is 0 Å². The van der Waals surface area contributed by atoms with Crippen LogP contribution in [0.4, 0.5) is 15.8 Å². The van der Waals surface area contributed by atoms with Crippen LogP contribution in [0.5, 0.6) is 0 Å². The van der Waals surface area contributed by atoms with Crippen molar-refractivity contribution in [3.63, 3.8) is 0 Å². The van der Waals surface area contributed by atoms with Gasteiger partial charge in [0.15, 0.2) is 0 Å². The molecule has 3 aromatic carbocycles. The highest BCUT2D eigenvalue weighted by Crippen LogP contribution is 2.24. The van der Waals surface area contributed by atoms with Gasteiger partial charge in [0.25, 0.3) is 5.91 Å². The molecule has 0 N–H and O–H groups in total. The Hall–Kier alpha value is -3.98. The van der Waals surface area contributed by atoms with Crippen LogP contribution in [-0.2, 0) is 0 Å². The zero-order chi connectivity index (χ0) is 23.4. The number of hydrogen-bond acceptors (Lipinski definition) is 4. The van der Waals surface area contributed by atoms with Crippen molar-refractivity contribution >= 4 is 23.0 Å². The summed E-state index contributed by atoms with van der Waals surface area (Å²) in [4.78, 5) is 21.9. The van der Waals surface area contributed by atoms with Gasteiger partial charge in [-0.1, -0.05) is 18.2 Å². The lowest BCUT2D eigenvalue weighted by Crippen LogP contribution is -2.48. The van der Waals surface area contributed by atoms with E-state index in [1.165, 1.54) is 12.1 Å². The second kappa shape index (κ2) is 9.66. The van der Waals surface area contributed by atoms with Crippen molar-refractivity contribution in [2.24, 2.45) is 4.99 Å². The van der Waals surface area contributed by atoms with Gasteiger partial charge < -0.3 is 9.80 Å². The van der Waals surface area contributed by atoms with Crippen LogP contribution in [0.3, 0.4) is 0 Å². The maximum absolute atomic E-state index is 13.2. The highest BCUT2D eigenvalue weighted by Gasteiger charge is 2.23. The summed E-state index contributed by atoms with van der Waals surface area (Å²) in [7, 11) is 0. The van der Waals surface area contributed by atoms with Gasteiger partial charge in [0, 0.05) is 43.1 Å². The first-order valence-corrected chi connectivity index (χ1v) is 10.9. The summed E-state index contributed by atoms with van der Waals surface area (Å²) in [5.74, 6) is -0.271. The van der Waals surface area contributed by atoms with Crippen molar-refractivity contribution in [3.05, 3.63) is 94.8 Å². The summed E-state index contributed by atoms with van der Waals surface area (Å²) < 4.78 is 13.2. The van der Waals surface area contributed by atoms with Gasteiger partial charge in [0.2, 0.25) is 0 Å². The molecule has 0 atom stereocenters. The predicted octanol–water partition coefficient (Wildman–Crippen LogP) is 5.11. The molecular formula is C27H25FN4O. The van der Waals surface area contributed by atoms with E-state index in [4.69, 9.17) is 10.3 Å². The molecule has 1 aliphatic rings. The second-order valence-corrected chi connectivity index (χ2v) is 8.15. The van der Waals surface area contributed by atoms with Crippen LogP contribution in [0, 0.1) is 24.1 Å². The quantitative estimate of drug-likeness (QED) is 0.530. The lowest BCUT2D eigenvalue weighted by atomic mass is 10.1. The smallest absolute Gasteiger partial charge is 0.254 e. The average Bonchev–Trinajstić information content (AvgIpc) is 2.85. The van der Waals surface area contributed by atoms with Crippen LogP contribution in [0.15, 0.2) is 71.7 Å². The van der Waals surface area contributed by atoms with E-state index in [-0.39, 0.29) is 11.7 Å². The third-order valence-corrected chi connectivity index (χ3v) is 5.91. The van der Waals surface area contributed by atoms with Crippen molar-refractivity contribution in [3.8, 4) is 6.07 Å². The molecule has 4 rings (SSSR count). The van der Waals surface area contributed by atoms with Crippen molar-refractivity contribution in [2.45, 2.75) is 13.8 Å². The van der Waals surface area contributed by atoms with Crippen LogP contribution in [0.2, 0.25) is 0 Å². The first kappa shape index (κ1) is 22.2. The third-order valence-electron chi connectivity index (χ3n) is 5.91. The number of halogens is 1. The fourth-order valence-corrected chi connectivity index (χ4v) is 3.92. The minimum absolute atomic E-state index is 0.0191. The molecule has 5 nitrogen and oxygen atoms in total. The standard InChI is InChI=1S/C27H25FN4O/c1-19-6-7-23(17-26(19)30-20(2)22-5-3-4-21(16-22)18-29)27(33)32-14-12-31(13-15-32)25-10-8-24(28)9-11-25/h3-11,16-17H,12-15H2,1-2H3. The summed E-state index contributed by atoms with van der Waals surface area (Å²) in [6.45, 7) is 6.46. The van der Waals surface area contributed by atoms with Gasteiger partial charge in [-0.05, 0) is 73.5 Å². The number of amides is 1. The molecule has 1 saturated heterocycles. The van der Waals surface area contributed by atoms with Crippen molar-refractivity contribution < 1.29 is 9.18 Å². The molecule has 0 bridgehead atoms. The lowest BCUT2D eigenvalue weighted by molar-refractivity contribution is 0.0747. The topological polar surface area (TPSA) is 59.7 Å². The molecule has 0 aliphatic carbocycles. The number of piperazine rings is 1. The summed E-state index contributed by atoms with van der Waals surface area (Å²) in [5, 5.41) is 9.14. The normalized spacial score (nSPS) is 14.2. The Labute approximate surface area is 193 Å². The Morgan fingerprint density at radius 2 is 1.70 bits per heavy atom. The van der Waals surface area contributed by atoms with Crippen LogP contribution in [0.25, 0.3) is 0 Å². The lowest BCUT2D eigenvalue weighted by Gasteiger charge is -2.36. The zero-order valence-corrected chi connectivity index (χ0v) is 18.8. The van der Waals surface area contributed by atoms with E-state index in [0.29, 0.717) is 37.3 Å². The van der Waals surface area contributed by atoms with Gasteiger partial charge in [-0.25, -0.2) is 4.39 Å². The number of aryl methyl sites for hydroxylation is 1. The fourth-order valence-electron chi connectivity index (χ4n) is 3.92. The van der Waals surface area contributed by atoms with Gasteiger partial charge in [0.05, 0.1) is 17.3 Å². The monoisotopic (exact) mass is 440 g/mol. The number of benzene rings is 3. The minimum atomic E-state index is -0.251.